The number of rotatable bonds is 13. The summed E-state index contributed by atoms with van der Waals surface area (Å²) in [5, 5.41) is 13.5. The van der Waals surface area contributed by atoms with Gasteiger partial charge >= 0.3 is 148 Å². The zero-order valence-corrected chi connectivity index (χ0v) is 22.5. The number of nitrogens with zero attached hydrogens (tertiary/aromatic N) is 1. The quantitative estimate of drug-likeness (QED) is 0.294. The van der Waals surface area contributed by atoms with Gasteiger partial charge in [-0.05, 0) is 18.1 Å². The molecule has 0 saturated carbocycles. The molecule has 0 aliphatic heterocycles. The molecule has 2 aromatic rings. The van der Waals surface area contributed by atoms with E-state index in [4.69, 9.17) is 11.6 Å². The molecule has 0 saturated heterocycles. The molecule has 0 aliphatic rings. The molecule has 1 atom stereocenters. The number of benzene rings is 2. The zero-order chi connectivity index (χ0) is 24.4. The Hall–Kier alpha value is -1.37. The van der Waals surface area contributed by atoms with E-state index < -0.39 is 16.1 Å². The first kappa shape index (κ1) is 27.9. The van der Waals surface area contributed by atoms with Crippen molar-refractivity contribution in [3.8, 4) is 0 Å². The molecule has 9 heteroatoms. The van der Waals surface area contributed by atoms with Gasteiger partial charge in [-0.3, -0.25) is 4.79 Å². The summed E-state index contributed by atoms with van der Waals surface area (Å²) >= 11 is 8.51. The Balaban J connectivity index is 1.93. The van der Waals surface area contributed by atoms with Crippen LogP contribution in [-0.4, -0.2) is 66.3 Å². The van der Waals surface area contributed by atoms with Crippen LogP contribution in [0.15, 0.2) is 53.4 Å². The predicted molar refractivity (Wildman–Crippen MR) is 133 cm³/mol. The predicted octanol–water partition coefficient (Wildman–Crippen LogP) is 2.67. The van der Waals surface area contributed by atoms with Crippen LogP contribution in [0.4, 0.5) is 0 Å². The van der Waals surface area contributed by atoms with Crippen LogP contribution in [0, 0.1) is 5.92 Å². The molecule has 2 N–H and O–H groups in total. The van der Waals surface area contributed by atoms with Gasteiger partial charge in [-0.15, -0.1) is 0 Å². The number of carbonyl (C=O) groups is 1. The van der Waals surface area contributed by atoms with E-state index in [9.17, 15) is 18.3 Å². The van der Waals surface area contributed by atoms with Crippen molar-refractivity contribution in [1.29, 1.82) is 0 Å². The van der Waals surface area contributed by atoms with Crippen molar-refractivity contribution < 1.29 is 18.3 Å². The van der Waals surface area contributed by atoms with Gasteiger partial charge in [0.15, 0.2) is 0 Å². The molecule has 0 aliphatic carbocycles. The van der Waals surface area contributed by atoms with Crippen molar-refractivity contribution >= 4 is 48.7 Å². The molecule has 0 aromatic heterocycles. The van der Waals surface area contributed by atoms with Crippen LogP contribution in [0.5, 0.6) is 0 Å². The van der Waals surface area contributed by atoms with Crippen LogP contribution in [0.3, 0.4) is 0 Å². The summed E-state index contributed by atoms with van der Waals surface area (Å²) in [5.41, 5.74) is 0.930. The standard InChI is InChI=1S/C24H32AsClN2O4S/c1-18(2)16-28(33(31,32)22-12-10-20(25)11-13-22)21(17-29)7-5-15-27-24(30)14-9-19-6-3-4-8-23(19)26/h3-4,6,8,10-13,18,21,29H,5,7,9,14-17H2,1-2H3,(H,27,30). The first-order valence-corrected chi connectivity index (χ1v) is 13.8. The summed E-state index contributed by atoms with van der Waals surface area (Å²) in [7, 11) is -3.75. The van der Waals surface area contributed by atoms with Gasteiger partial charge in [0, 0.05) is 11.4 Å². The Bertz CT molecular complexity index is 1000. The topological polar surface area (TPSA) is 86.7 Å². The number of aryl methyl sites for hydroxylation is 1. The number of aliphatic hydroxyl groups is 1. The number of hydrogen-bond acceptors (Lipinski definition) is 4. The number of hydrogen-bond donors (Lipinski definition) is 2. The number of halogens is 1. The minimum atomic E-state index is -3.75. The molecule has 2 radical (unpaired) electrons. The Labute approximate surface area is 211 Å². The Morgan fingerprint density at radius 1 is 1.15 bits per heavy atom. The van der Waals surface area contributed by atoms with Crippen LogP contribution in [0.2, 0.25) is 5.02 Å². The summed E-state index contributed by atoms with van der Waals surface area (Å²) in [4.78, 5) is 12.4. The Morgan fingerprint density at radius 3 is 2.42 bits per heavy atom. The van der Waals surface area contributed by atoms with Gasteiger partial charge < -0.3 is 0 Å². The van der Waals surface area contributed by atoms with Crippen LogP contribution >= 0.6 is 11.6 Å². The van der Waals surface area contributed by atoms with E-state index in [1.807, 2.05) is 32.0 Å². The van der Waals surface area contributed by atoms with Gasteiger partial charge in [0.05, 0.1) is 0 Å². The van der Waals surface area contributed by atoms with E-state index in [1.165, 1.54) is 4.31 Å². The molecule has 0 heterocycles. The molecule has 2 rings (SSSR count). The molecule has 33 heavy (non-hydrogen) atoms. The fourth-order valence-corrected chi connectivity index (χ4v) is 5.84. The molecule has 2 aromatic carbocycles. The monoisotopic (exact) mass is 554 g/mol. The first-order valence-electron chi connectivity index (χ1n) is 11.1. The van der Waals surface area contributed by atoms with Crippen molar-refractivity contribution in [3.63, 3.8) is 0 Å². The molecule has 1 amide bonds. The molecular weight excluding hydrogens is 523 g/mol. The number of aliphatic hydroxyl groups excluding tert-OH is 1. The van der Waals surface area contributed by atoms with Gasteiger partial charge in [-0.25, -0.2) is 0 Å². The third kappa shape index (κ3) is 8.73. The number of carbonyl (C=O) groups excluding carboxylic acids is 1. The Kier molecular flexibility index (Phi) is 11.4. The molecule has 1 unspecified atom stereocenters. The molecular formula is C24H32AsClN2O4S. The van der Waals surface area contributed by atoms with Crippen molar-refractivity contribution in [2.45, 2.75) is 50.5 Å². The number of sulfonamides is 1. The van der Waals surface area contributed by atoms with Gasteiger partial charge in [-0.2, -0.15) is 0 Å². The second kappa shape index (κ2) is 13.5. The average molecular weight is 555 g/mol. The zero-order valence-electron chi connectivity index (χ0n) is 19.1. The van der Waals surface area contributed by atoms with Crippen molar-refractivity contribution in [3.05, 3.63) is 59.1 Å². The van der Waals surface area contributed by atoms with Gasteiger partial charge in [0.2, 0.25) is 0 Å². The molecule has 180 valence electrons. The van der Waals surface area contributed by atoms with E-state index in [-0.39, 0.29) is 23.3 Å². The Morgan fingerprint density at radius 2 is 1.82 bits per heavy atom. The summed E-state index contributed by atoms with van der Waals surface area (Å²) in [6, 6.07) is 13.5. The molecule has 0 bridgehead atoms. The van der Waals surface area contributed by atoms with E-state index >= 15 is 0 Å². The maximum absolute atomic E-state index is 13.3. The third-order valence-corrected chi connectivity index (χ3v) is 8.15. The van der Waals surface area contributed by atoms with Crippen molar-refractivity contribution in [2.75, 3.05) is 19.7 Å². The van der Waals surface area contributed by atoms with E-state index in [0.29, 0.717) is 43.8 Å². The summed E-state index contributed by atoms with van der Waals surface area (Å²) < 4.78 is 28.9. The third-order valence-electron chi connectivity index (χ3n) is 5.22. The van der Waals surface area contributed by atoms with E-state index in [0.717, 1.165) is 9.91 Å². The number of nitrogens with one attached hydrogen (secondary N) is 1. The minimum absolute atomic E-state index is 0.0832. The van der Waals surface area contributed by atoms with Crippen molar-refractivity contribution in [2.24, 2.45) is 5.92 Å². The molecule has 0 spiro atoms. The van der Waals surface area contributed by atoms with Gasteiger partial charge in [0.1, 0.15) is 0 Å². The fraction of sp³-hybridized carbons (Fsp3) is 0.458. The maximum atomic E-state index is 13.3. The average Bonchev–Trinajstić information content (AvgIpc) is 2.77. The van der Waals surface area contributed by atoms with Crippen LogP contribution in [-0.2, 0) is 21.2 Å². The van der Waals surface area contributed by atoms with Crippen LogP contribution in [0.25, 0.3) is 0 Å². The van der Waals surface area contributed by atoms with Crippen LogP contribution < -0.4 is 9.67 Å². The van der Waals surface area contributed by atoms with Gasteiger partial charge in [-0.1, -0.05) is 29.8 Å². The summed E-state index contributed by atoms with van der Waals surface area (Å²) in [6.07, 6.45) is 1.88. The summed E-state index contributed by atoms with van der Waals surface area (Å²) in [6.45, 7) is 4.33. The summed E-state index contributed by atoms with van der Waals surface area (Å²) in [5.74, 6) is 0.0145. The SMILES string of the molecule is CC(C)CN(C(CO)CCCNC(=O)CCc1ccccc1Cl)S(=O)(=O)c1ccc([As])cc1. The second-order valence-electron chi connectivity index (χ2n) is 8.38. The first-order chi connectivity index (χ1) is 15.6. The van der Waals surface area contributed by atoms with E-state index in [1.54, 1.807) is 30.3 Å². The second-order valence-corrected chi connectivity index (χ2v) is 11.8. The molecule has 6 nitrogen and oxygen atoms in total. The van der Waals surface area contributed by atoms with Crippen LogP contribution in [0.1, 0.15) is 38.7 Å². The molecule has 0 fully saturated rings. The fourth-order valence-electron chi connectivity index (χ4n) is 3.49. The number of amides is 1. The van der Waals surface area contributed by atoms with E-state index in [2.05, 4.69) is 22.2 Å². The van der Waals surface area contributed by atoms with Crippen molar-refractivity contribution in [1.82, 2.24) is 9.62 Å². The van der Waals surface area contributed by atoms with Gasteiger partial charge in [0.25, 0.3) is 0 Å². The normalized spacial score (nSPS) is 12.8.